The summed E-state index contributed by atoms with van der Waals surface area (Å²) in [5.74, 6) is 0. The van der Waals surface area contributed by atoms with Gasteiger partial charge in [-0.15, -0.1) is 0 Å². The molecule has 1 aromatic heterocycles. The first-order chi connectivity index (χ1) is 9.02. The summed E-state index contributed by atoms with van der Waals surface area (Å²) in [5.41, 5.74) is 1.43. The molecule has 0 spiro atoms. The molecule has 1 fully saturated rings. The molecule has 0 radical (unpaired) electrons. The van der Waals surface area contributed by atoms with Gasteiger partial charge in [-0.3, -0.25) is 0 Å². The van der Waals surface area contributed by atoms with Gasteiger partial charge in [0.15, 0.2) is 0 Å². The van der Waals surface area contributed by atoms with Gasteiger partial charge >= 0.3 is 7.12 Å². The third-order valence-corrected chi connectivity index (χ3v) is 4.03. The van der Waals surface area contributed by atoms with Crippen molar-refractivity contribution in [3.63, 3.8) is 0 Å². The molecule has 1 saturated heterocycles. The van der Waals surface area contributed by atoms with Crippen molar-refractivity contribution in [2.24, 2.45) is 5.41 Å². The molecule has 2 heterocycles. The van der Waals surface area contributed by atoms with E-state index in [4.69, 9.17) is 9.31 Å². The smallest absolute Gasteiger partial charge is 0.399 e. The van der Waals surface area contributed by atoms with Crippen LogP contribution in [0.25, 0.3) is 0 Å². The lowest BCUT2D eigenvalue weighted by Crippen LogP contribution is -2.41. The summed E-state index contributed by atoms with van der Waals surface area (Å²) in [6.07, 6.45) is 4.28. The maximum atomic E-state index is 6.10. The normalized spacial score (nSPS) is 21.2. The lowest BCUT2D eigenvalue weighted by molar-refractivity contribution is 0.00578. The van der Waals surface area contributed by atoms with Crippen LogP contribution >= 0.6 is 0 Å². The van der Waals surface area contributed by atoms with Crippen LogP contribution in [0.2, 0.25) is 0 Å². The lowest BCUT2D eigenvalue weighted by atomic mass is 9.75. The highest BCUT2D eigenvalue weighted by atomic mass is 16.7. The van der Waals surface area contributed by atoms with Crippen LogP contribution < -0.4 is 5.46 Å². The fraction of sp³-hybridized carbons (Fsp3) is 0.733. The number of aromatic nitrogens is 2. The zero-order chi connectivity index (χ0) is 15.2. The van der Waals surface area contributed by atoms with Crippen LogP contribution in [0.4, 0.5) is 0 Å². The van der Waals surface area contributed by atoms with Crippen LogP contribution in [0.5, 0.6) is 0 Å². The van der Waals surface area contributed by atoms with E-state index in [2.05, 4.69) is 58.4 Å². The van der Waals surface area contributed by atoms with Crippen molar-refractivity contribution in [1.82, 2.24) is 9.97 Å². The highest BCUT2D eigenvalue weighted by Crippen LogP contribution is 2.36. The average Bonchev–Trinajstić information content (AvgIpc) is 2.46. The van der Waals surface area contributed by atoms with Crippen molar-refractivity contribution in [2.45, 2.75) is 66.1 Å². The van der Waals surface area contributed by atoms with E-state index in [-0.39, 0.29) is 16.6 Å². The van der Waals surface area contributed by atoms with Crippen molar-refractivity contribution in [1.29, 1.82) is 0 Å². The van der Waals surface area contributed by atoms with Crippen molar-refractivity contribution >= 4 is 12.6 Å². The first-order valence-electron chi connectivity index (χ1n) is 7.16. The second-order valence-electron chi connectivity index (χ2n) is 7.75. The van der Waals surface area contributed by atoms with E-state index in [0.717, 1.165) is 17.6 Å². The van der Waals surface area contributed by atoms with E-state index in [1.165, 1.54) is 0 Å². The molecular formula is C15H25BN2O2. The predicted molar refractivity (Wildman–Crippen MR) is 80.9 cm³/mol. The van der Waals surface area contributed by atoms with Crippen LogP contribution in [-0.4, -0.2) is 28.3 Å². The van der Waals surface area contributed by atoms with E-state index in [9.17, 15) is 0 Å². The lowest BCUT2D eigenvalue weighted by Gasteiger charge is -2.32. The number of nitrogens with zero attached hydrogens (tertiary/aromatic N) is 2. The Labute approximate surface area is 122 Å². The summed E-state index contributed by atoms with van der Waals surface area (Å²) >= 11 is 0. The molecule has 110 valence electrons. The summed E-state index contributed by atoms with van der Waals surface area (Å²) < 4.78 is 12.2. The van der Waals surface area contributed by atoms with Gasteiger partial charge in [0, 0.05) is 17.4 Å². The summed E-state index contributed by atoms with van der Waals surface area (Å²) in [7, 11) is -0.390. The van der Waals surface area contributed by atoms with E-state index < -0.39 is 7.12 Å². The molecule has 0 saturated carbocycles. The Hall–Kier alpha value is -0.935. The van der Waals surface area contributed by atoms with Gasteiger partial charge in [0.2, 0.25) is 0 Å². The first kappa shape index (κ1) is 15.5. The van der Waals surface area contributed by atoms with Crippen molar-refractivity contribution in [3.8, 4) is 0 Å². The van der Waals surface area contributed by atoms with Gasteiger partial charge in [0.25, 0.3) is 0 Å². The fourth-order valence-electron chi connectivity index (χ4n) is 2.18. The molecule has 1 aromatic rings. The van der Waals surface area contributed by atoms with Crippen LogP contribution in [-0.2, 0) is 15.7 Å². The third kappa shape index (κ3) is 3.04. The Bertz CT molecular complexity index is 479. The molecule has 1 aliphatic heterocycles. The molecule has 0 aromatic carbocycles. The quantitative estimate of drug-likeness (QED) is 0.778. The summed E-state index contributed by atoms with van der Waals surface area (Å²) in [6.45, 7) is 14.8. The Balaban J connectivity index is 2.31. The SMILES string of the molecule is CC(C)(C)Cc1ncncc1B1OC(C)(C)C(C)(C)O1. The number of rotatable bonds is 2. The molecule has 2 rings (SSSR count). The van der Waals surface area contributed by atoms with Crippen LogP contribution in [0.15, 0.2) is 12.5 Å². The van der Waals surface area contributed by atoms with Gasteiger partial charge in [-0.2, -0.15) is 0 Å². The zero-order valence-electron chi connectivity index (χ0n) is 13.7. The Kier molecular flexibility index (Phi) is 3.72. The third-order valence-electron chi connectivity index (χ3n) is 4.03. The van der Waals surface area contributed by atoms with Crippen LogP contribution in [0.1, 0.15) is 54.2 Å². The minimum absolute atomic E-state index is 0.159. The number of hydrogen-bond donors (Lipinski definition) is 0. The molecule has 4 nitrogen and oxygen atoms in total. The van der Waals surface area contributed by atoms with E-state index in [1.807, 2.05) is 6.20 Å². The molecule has 0 amide bonds. The van der Waals surface area contributed by atoms with Gasteiger partial charge < -0.3 is 9.31 Å². The first-order valence-corrected chi connectivity index (χ1v) is 7.16. The number of hydrogen-bond acceptors (Lipinski definition) is 4. The molecule has 0 N–H and O–H groups in total. The average molecular weight is 276 g/mol. The zero-order valence-corrected chi connectivity index (χ0v) is 13.7. The van der Waals surface area contributed by atoms with E-state index >= 15 is 0 Å². The Morgan fingerprint density at radius 1 is 1.10 bits per heavy atom. The highest BCUT2D eigenvalue weighted by molar-refractivity contribution is 6.62. The van der Waals surface area contributed by atoms with Gasteiger partial charge in [-0.25, -0.2) is 9.97 Å². The Morgan fingerprint density at radius 2 is 1.65 bits per heavy atom. The molecule has 0 bridgehead atoms. The maximum Gasteiger partial charge on any atom is 0.498 e. The largest absolute Gasteiger partial charge is 0.498 e. The van der Waals surface area contributed by atoms with Crippen molar-refractivity contribution < 1.29 is 9.31 Å². The summed E-state index contributed by atoms with van der Waals surface area (Å²) in [4.78, 5) is 8.58. The Morgan fingerprint density at radius 3 is 2.15 bits per heavy atom. The van der Waals surface area contributed by atoms with Crippen molar-refractivity contribution in [2.75, 3.05) is 0 Å². The predicted octanol–water partition coefficient (Wildman–Crippen LogP) is 2.36. The summed E-state index contributed by atoms with van der Waals surface area (Å²) in [5, 5.41) is 0. The summed E-state index contributed by atoms with van der Waals surface area (Å²) in [6, 6.07) is 0. The van der Waals surface area contributed by atoms with E-state index in [0.29, 0.717) is 0 Å². The fourth-order valence-corrected chi connectivity index (χ4v) is 2.18. The van der Waals surface area contributed by atoms with Crippen LogP contribution in [0, 0.1) is 5.41 Å². The molecule has 0 atom stereocenters. The molecule has 0 unspecified atom stereocenters. The molecule has 1 aliphatic rings. The van der Waals surface area contributed by atoms with Gasteiger partial charge in [0.05, 0.1) is 11.2 Å². The molecule has 20 heavy (non-hydrogen) atoms. The molecular weight excluding hydrogens is 251 g/mol. The van der Waals surface area contributed by atoms with Crippen molar-refractivity contribution in [3.05, 3.63) is 18.2 Å². The topological polar surface area (TPSA) is 44.2 Å². The molecule has 5 heteroatoms. The monoisotopic (exact) mass is 276 g/mol. The minimum Gasteiger partial charge on any atom is -0.399 e. The second-order valence-corrected chi connectivity index (χ2v) is 7.75. The second kappa shape index (κ2) is 4.81. The highest BCUT2D eigenvalue weighted by Gasteiger charge is 2.52. The van der Waals surface area contributed by atoms with Gasteiger partial charge in [-0.05, 0) is 39.5 Å². The van der Waals surface area contributed by atoms with Crippen LogP contribution in [0.3, 0.4) is 0 Å². The standard InChI is InChI=1S/C15H25BN2O2/c1-13(2,3)8-12-11(9-17-10-18-12)16-19-14(4,5)15(6,7)20-16/h9-10H,8H2,1-7H3. The maximum absolute atomic E-state index is 6.10. The molecule has 0 aliphatic carbocycles. The van der Waals surface area contributed by atoms with E-state index in [1.54, 1.807) is 6.33 Å². The van der Waals surface area contributed by atoms with Gasteiger partial charge in [-0.1, -0.05) is 20.8 Å². The van der Waals surface area contributed by atoms with Gasteiger partial charge in [0.1, 0.15) is 6.33 Å². The minimum atomic E-state index is -0.390.